The molecule has 36 heavy (non-hydrogen) atoms. The maximum absolute atomic E-state index is 13.1. The number of halogens is 1. The molecule has 186 valence electrons. The summed E-state index contributed by atoms with van der Waals surface area (Å²) in [5.41, 5.74) is 5.97. The van der Waals surface area contributed by atoms with Crippen molar-refractivity contribution in [3.8, 4) is 11.3 Å². The van der Waals surface area contributed by atoms with Crippen LogP contribution in [-0.4, -0.2) is 24.3 Å². The molecule has 0 aliphatic heterocycles. The summed E-state index contributed by atoms with van der Waals surface area (Å²) in [4.78, 5) is 19.9. The number of imidazole rings is 1. The van der Waals surface area contributed by atoms with Gasteiger partial charge in [0.15, 0.2) is 5.03 Å². The van der Waals surface area contributed by atoms with Crippen LogP contribution in [-0.2, 0) is 16.6 Å². The van der Waals surface area contributed by atoms with E-state index in [1.165, 1.54) is 0 Å². The van der Waals surface area contributed by atoms with Gasteiger partial charge in [0.2, 0.25) is 0 Å². The van der Waals surface area contributed by atoms with Crippen molar-refractivity contribution in [2.75, 3.05) is 5.32 Å². The molecular weight excluding hydrogens is 496 g/mol. The summed E-state index contributed by atoms with van der Waals surface area (Å²) < 4.78 is 28.9. The lowest BCUT2D eigenvalue weighted by molar-refractivity contribution is 0.102. The molecular formula is C27H27ClN4O3S. The van der Waals surface area contributed by atoms with Crippen molar-refractivity contribution >= 4 is 33.2 Å². The van der Waals surface area contributed by atoms with Crippen LogP contribution in [0.2, 0.25) is 5.02 Å². The number of benzene rings is 3. The van der Waals surface area contributed by atoms with Gasteiger partial charge in [-0.3, -0.25) is 4.79 Å². The molecule has 0 radical (unpaired) electrons. The second-order valence-corrected chi connectivity index (χ2v) is 10.9. The van der Waals surface area contributed by atoms with Gasteiger partial charge in [-0.05, 0) is 80.3 Å². The fourth-order valence-electron chi connectivity index (χ4n) is 3.70. The zero-order chi connectivity index (χ0) is 26.0. The minimum Gasteiger partial charge on any atom is -0.332 e. The van der Waals surface area contributed by atoms with Gasteiger partial charge in [-0.2, -0.15) is 0 Å². The van der Waals surface area contributed by atoms with E-state index >= 15 is 0 Å². The van der Waals surface area contributed by atoms with Crippen molar-refractivity contribution in [1.29, 1.82) is 0 Å². The smallest absolute Gasteiger partial charge is 0.258 e. The second kappa shape index (κ2) is 10.3. The lowest BCUT2D eigenvalue weighted by atomic mass is 10.0. The first-order chi connectivity index (χ1) is 17.0. The Balaban J connectivity index is 1.47. The molecule has 4 aromatic rings. The Morgan fingerprint density at radius 2 is 1.61 bits per heavy atom. The number of nitrogens with one attached hydrogen (secondary N) is 3. The highest BCUT2D eigenvalue weighted by Gasteiger charge is 2.23. The van der Waals surface area contributed by atoms with Crippen LogP contribution in [0.3, 0.4) is 0 Å². The number of hydrogen-bond donors (Lipinski definition) is 3. The zero-order valence-electron chi connectivity index (χ0n) is 20.4. The predicted octanol–water partition coefficient (Wildman–Crippen LogP) is 5.69. The lowest BCUT2D eigenvalue weighted by Crippen LogP contribution is -2.24. The molecule has 0 unspecified atom stereocenters. The normalized spacial score (nSPS) is 11.5. The van der Waals surface area contributed by atoms with Gasteiger partial charge < -0.3 is 10.3 Å². The Hall–Kier alpha value is -3.46. The Bertz CT molecular complexity index is 1540. The van der Waals surface area contributed by atoms with Gasteiger partial charge in [-0.15, -0.1) is 0 Å². The van der Waals surface area contributed by atoms with Crippen molar-refractivity contribution in [3.63, 3.8) is 0 Å². The first-order valence-electron chi connectivity index (χ1n) is 11.3. The van der Waals surface area contributed by atoms with E-state index in [0.29, 0.717) is 33.4 Å². The van der Waals surface area contributed by atoms with Crippen LogP contribution in [0.4, 0.5) is 5.69 Å². The van der Waals surface area contributed by atoms with E-state index in [1.807, 2.05) is 45.0 Å². The van der Waals surface area contributed by atoms with Crippen LogP contribution in [0.1, 0.15) is 38.4 Å². The maximum Gasteiger partial charge on any atom is 0.258 e. The van der Waals surface area contributed by atoms with Crippen molar-refractivity contribution < 1.29 is 13.2 Å². The SMILES string of the molecule is Cc1nc(-c2ccc(C)c(C)c2)c(S(=O)(=O)NCc2ccc(C(=O)Nc3cc(Cl)ccc3C)cc2)[nH]1. The number of carbonyl (C=O) groups excluding carboxylic acids is 1. The summed E-state index contributed by atoms with van der Waals surface area (Å²) in [5.74, 6) is 0.229. The number of hydrogen-bond acceptors (Lipinski definition) is 4. The number of rotatable bonds is 7. The standard InChI is InChI=1S/C27H27ClN4O3S/c1-16-5-9-22(13-18(16)3)25-27(31-19(4)30-25)36(34,35)29-15-20-7-10-21(11-8-20)26(33)32-24-14-23(28)12-6-17(24)2/h5-14,29H,15H2,1-4H3,(H,30,31)(H,32,33). The highest BCUT2D eigenvalue weighted by atomic mass is 35.5. The maximum atomic E-state index is 13.1. The van der Waals surface area contributed by atoms with Crippen LogP contribution in [0, 0.1) is 27.7 Å². The molecule has 0 spiro atoms. The zero-order valence-corrected chi connectivity index (χ0v) is 22.0. The highest BCUT2D eigenvalue weighted by molar-refractivity contribution is 7.89. The Kier molecular flexibility index (Phi) is 7.31. The van der Waals surface area contributed by atoms with Gasteiger partial charge >= 0.3 is 0 Å². The molecule has 0 aliphatic rings. The fourth-order valence-corrected chi connectivity index (χ4v) is 5.07. The Morgan fingerprint density at radius 3 is 2.31 bits per heavy atom. The summed E-state index contributed by atoms with van der Waals surface area (Å²) in [6, 6.07) is 17.8. The third kappa shape index (κ3) is 5.67. The number of H-pyrrole nitrogens is 1. The van der Waals surface area contributed by atoms with Crippen LogP contribution in [0.5, 0.6) is 0 Å². The average molecular weight is 523 g/mol. The van der Waals surface area contributed by atoms with Gasteiger partial charge in [-0.1, -0.05) is 41.9 Å². The van der Waals surface area contributed by atoms with Crippen molar-refractivity contribution in [3.05, 3.63) is 99.3 Å². The molecule has 0 fully saturated rings. The average Bonchev–Trinajstić information content (AvgIpc) is 3.25. The van der Waals surface area contributed by atoms with E-state index in [1.54, 1.807) is 43.3 Å². The third-order valence-corrected chi connectivity index (χ3v) is 7.56. The number of anilines is 1. The molecule has 1 amide bonds. The first-order valence-corrected chi connectivity index (χ1v) is 13.2. The molecule has 4 rings (SSSR count). The third-order valence-electron chi connectivity index (χ3n) is 5.97. The number of nitrogens with zero attached hydrogens (tertiary/aromatic N) is 1. The fraction of sp³-hybridized carbons (Fsp3) is 0.185. The highest BCUT2D eigenvalue weighted by Crippen LogP contribution is 2.27. The van der Waals surface area contributed by atoms with Crippen LogP contribution in [0.25, 0.3) is 11.3 Å². The summed E-state index contributed by atoms with van der Waals surface area (Å²) in [6.07, 6.45) is 0. The van der Waals surface area contributed by atoms with E-state index < -0.39 is 10.0 Å². The minimum absolute atomic E-state index is 0.0242. The molecule has 3 aromatic carbocycles. The molecule has 0 atom stereocenters. The van der Waals surface area contributed by atoms with Gasteiger partial charge in [-0.25, -0.2) is 18.1 Å². The summed E-state index contributed by atoms with van der Waals surface area (Å²) in [6.45, 7) is 7.64. The van der Waals surface area contributed by atoms with Crippen LogP contribution in [0.15, 0.2) is 65.7 Å². The summed E-state index contributed by atoms with van der Waals surface area (Å²) in [7, 11) is -3.88. The van der Waals surface area contributed by atoms with Gasteiger partial charge in [0.25, 0.3) is 15.9 Å². The number of aryl methyl sites for hydroxylation is 4. The van der Waals surface area contributed by atoms with Crippen molar-refractivity contribution in [1.82, 2.24) is 14.7 Å². The number of sulfonamides is 1. The molecule has 1 heterocycles. The molecule has 9 heteroatoms. The van der Waals surface area contributed by atoms with Gasteiger partial charge in [0.1, 0.15) is 11.5 Å². The van der Waals surface area contributed by atoms with Gasteiger partial charge in [0, 0.05) is 28.4 Å². The summed E-state index contributed by atoms with van der Waals surface area (Å²) in [5, 5.41) is 3.41. The lowest BCUT2D eigenvalue weighted by Gasteiger charge is -2.10. The second-order valence-electron chi connectivity index (χ2n) is 8.73. The minimum atomic E-state index is -3.88. The molecule has 0 saturated carbocycles. The molecule has 0 saturated heterocycles. The van der Waals surface area contributed by atoms with Gasteiger partial charge in [0.05, 0.1) is 0 Å². The molecule has 0 aliphatic carbocycles. The van der Waals surface area contributed by atoms with Crippen molar-refractivity contribution in [2.24, 2.45) is 0 Å². The molecule has 1 aromatic heterocycles. The molecule has 0 bridgehead atoms. The largest absolute Gasteiger partial charge is 0.332 e. The quantitative estimate of drug-likeness (QED) is 0.290. The monoisotopic (exact) mass is 522 g/mol. The molecule has 3 N–H and O–H groups in total. The first kappa shape index (κ1) is 25.6. The molecule has 7 nitrogen and oxygen atoms in total. The Labute approximate surface area is 216 Å². The van der Waals surface area contributed by atoms with E-state index in [9.17, 15) is 13.2 Å². The van der Waals surface area contributed by atoms with Crippen LogP contribution < -0.4 is 10.0 Å². The predicted molar refractivity (Wildman–Crippen MR) is 143 cm³/mol. The Morgan fingerprint density at radius 1 is 0.917 bits per heavy atom. The van der Waals surface area contributed by atoms with E-state index in [4.69, 9.17) is 11.6 Å². The number of aromatic amines is 1. The topological polar surface area (TPSA) is 104 Å². The van der Waals surface area contributed by atoms with E-state index in [2.05, 4.69) is 20.0 Å². The van der Waals surface area contributed by atoms with Crippen LogP contribution >= 0.6 is 11.6 Å². The number of aromatic nitrogens is 2. The van der Waals surface area contributed by atoms with E-state index in [0.717, 1.165) is 22.3 Å². The van der Waals surface area contributed by atoms with E-state index in [-0.39, 0.29) is 17.5 Å². The number of amides is 1. The number of carbonyl (C=O) groups is 1. The summed E-state index contributed by atoms with van der Waals surface area (Å²) >= 11 is 6.03. The van der Waals surface area contributed by atoms with Crippen molar-refractivity contribution in [2.45, 2.75) is 39.3 Å².